The molecule has 2 aromatic heterocycles. The van der Waals surface area contributed by atoms with Gasteiger partial charge < -0.3 is 5.32 Å². The van der Waals surface area contributed by atoms with Gasteiger partial charge in [0, 0.05) is 17.6 Å². The van der Waals surface area contributed by atoms with Crippen molar-refractivity contribution >= 4 is 28.1 Å². The van der Waals surface area contributed by atoms with E-state index >= 15 is 0 Å². The SMILES string of the molecule is Cc1nc(C2=CCNCC2)nc2cnc(Cl)cc12. The summed E-state index contributed by atoms with van der Waals surface area (Å²) in [5.74, 6) is 0.811. The molecule has 0 bridgehead atoms. The van der Waals surface area contributed by atoms with Crippen LogP contribution in [0.2, 0.25) is 5.15 Å². The van der Waals surface area contributed by atoms with Gasteiger partial charge in [-0.15, -0.1) is 0 Å². The fraction of sp³-hybridized carbons (Fsp3) is 0.308. The van der Waals surface area contributed by atoms with Gasteiger partial charge in [-0.25, -0.2) is 15.0 Å². The van der Waals surface area contributed by atoms with Crippen LogP contribution < -0.4 is 5.32 Å². The zero-order chi connectivity index (χ0) is 12.5. The van der Waals surface area contributed by atoms with Gasteiger partial charge in [-0.3, -0.25) is 0 Å². The topological polar surface area (TPSA) is 50.7 Å². The molecule has 0 amide bonds. The molecule has 0 fully saturated rings. The van der Waals surface area contributed by atoms with Crippen LogP contribution in [0.15, 0.2) is 18.3 Å². The average Bonchev–Trinajstić information content (AvgIpc) is 2.40. The van der Waals surface area contributed by atoms with Crippen molar-refractivity contribution in [2.75, 3.05) is 13.1 Å². The van der Waals surface area contributed by atoms with Gasteiger partial charge in [0.25, 0.3) is 0 Å². The van der Waals surface area contributed by atoms with Gasteiger partial charge in [0.05, 0.1) is 11.7 Å². The number of nitrogens with zero attached hydrogens (tertiary/aromatic N) is 3. The van der Waals surface area contributed by atoms with Gasteiger partial charge in [0.2, 0.25) is 0 Å². The maximum Gasteiger partial charge on any atom is 0.155 e. The molecule has 92 valence electrons. The largest absolute Gasteiger partial charge is 0.313 e. The Labute approximate surface area is 110 Å². The second-order valence-corrected chi connectivity index (χ2v) is 4.73. The van der Waals surface area contributed by atoms with Crippen molar-refractivity contribution in [1.82, 2.24) is 20.3 Å². The van der Waals surface area contributed by atoms with E-state index in [9.17, 15) is 0 Å². The highest BCUT2D eigenvalue weighted by Gasteiger charge is 2.11. The molecule has 0 aliphatic carbocycles. The molecule has 1 aliphatic rings. The maximum absolute atomic E-state index is 5.89. The third-order valence-electron chi connectivity index (χ3n) is 3.09. The molecule has 0 atom stereocenters. The van der Waals surface area contributed by atoms with E-state index in [1.807, 2.05) is 13.0 Å². The Morgan fingerprint density at radius 2 is 2.22 bits per heavy atom. The van der Waals surface area contributed by atoms with E-state index in [0.717, 1.165) is 41.9 Å². The molecule has 1 aliphatic heterocycles. The van der Waals surface area contributed by atoms with Crippen LogP contribution in [0.1, 0.15) is 17.9 Å². The van der Waals surface area contributed by atoms with Crippen molar-refractivity contribution < 1.29 is 0 Å². The third-order valence-corrected chi connectivity index (χ3v) is 3.30. The van der Waals surface area contributed by atoms with Crippen LogP contribution in [0.5, 0.6) is 0 Å². The number of hydrogen-bond donors (Lipinski definition) is 1. The number of aromatic nitrogens is 3. The molecule has 0 unspecified atom stereocenters. The summed E-state index contributed by atoms with van der Waals surface area (Å²) in [4.78, 5) is 13.2. The monoisotopic (exact) mass is 260 g/mol. The average molecular weight is 261 g/mol. The highest BCUT2D eigenvalue weighted by atomic mass is 35.5. The number of pyridine rings is 1. The lowest BCUT2D eigenvalue weighted by atomic mass is 10.1. The molecule has 0 saturated carbocycles. The molecule has 2 aromatic rings. The summed E-state index contributed by atoms with van der Waals surface area (Å²) in [6, 6.07) is 1.81. The van der Waals surface area contributed by atoms with Gasteiger partial charge in [0.15, 0.2) is 5.82 Å². The predicted octanol–water partition coefficient (Wildman–Crippen LogP) is 2.36. The van der Waals surface area contributed by atoms with Crippen molar-refractivity contribution in [1.29, 1.82) is 0 Å². The summed E-state index contributed by atoms with van der Waals surface area (Å²) in [6.07, 6.45) is 4.82. The van der Waals surface area contributed by atoms with Crippen molar-refractivity contribution in [3.63, 3.8) is 0 Å². The molecule has 1 N–H and O–H groups in total. The van der Waals surface area contributed by atoms with E-state index in [0.29, 0.717) is 5.15 Å². The van der Waals surface area contributed by atoms with Gasteiger partial charge in [-0.05, 0) is 31.5 Å². The minimum absolute atomic E-state index is 0.475. The Morgan fingerprint density at radius 3 is 3.00 bits per heavy atom. The molecular formula is C13H13ClN4. The molecule has 0 saturated heterocycles. The van der Waals surface area contributed by atoms with Crippen LogP contribution in [0.3, 0.4) is 0 Å². The van der Waals surface area contributed by atoms with E-state index in [-0.39, 0.29) is 0 Å². The summed E-state index contributed by atoms with van der Waals surface area (Å²) in [5.41, 5.74) is 2.99. The first-order valence-corrected chi connectivity index (χ1v) is 6.32. The lowest BCUT2D eigenvalue weighted by Gasteiger charge is -2.13. The summed E-state index contributed by atoms with van der Waals surface area (Å²) < 4.78 is 0. The molecule has 0 spiro atoms. The van der Waals surface area contributed by atoms with Crippen molar-refractivity contribution in [2.24, 2.45) is 0 Å². The predicted molar refractivity (Wildman–Crippen MR) is 72.5 cm³/mol. The standard InChI is InChI=1S/C13H13ClN4/c1-8-10-6-12(14)16-7-11(10)18-13(17-8)9-2-4-15-5-3-9/h2,6-7,15H,3-5H2,1H3. The minimum atomic E-state index is 0.475. The van der Waals surface area contributed by atoms with Gasteiger partial charge in [-0.1, -0.05) is 17.7 Å². The third kappa shape index (κ3) is 2.09. The van der Waals surface area contributed by atoms with Crippen LogP contribution in [0.25, 0.3) is 16.5 Å². The molecule has 5 heteroatoms. The zero-order valence-electron chi connectivity index (χ0n) is 10.1. The lowest BCUT2D eigenvalue weighted by Crippen LogP contribution is -2.20. The van der Waals surface area contributed by atoms with E-state index in [4.69, 9.17) is 11.6 Å². The van der Waals surface area contributed by atoms with Crippen LogP contribution >= 0.6 is 11.6 Å². The maximum atomic E-state index is 5.89. The number of hydrogen-bond acceptors (Lipinski definition) is 4. The Bertz CT molecular complexity index is 636. The summed E-state index contributed by atoms with van der Waals surface area (Å²) in [6.45, 7) is 3.84. The van der Waals surface area contributed by atoms with Crippen molar-refractivity contribution in [3.8, 4) is 0 Å². The first kappa shape index (κ1) is 11.6. The van der Waals surface area contributed by atoms with E-state index < -0.39 is 0 Å². The first-order chi connectivity index (χ1) is 8.74. The number of aryl methyl sites for hydroxylation is 1. The highest BCUT2D eigenvalue weighted by Crippen LogP contribution is 2.22. The molecular weight excluding hydrogens is 248 g/mol. The number of fused-ring (bicyclic) bond motifs is 1. The second-order valence-electron chi connectivity index (χ2n) is 4.34. The van der Waals surface area contributed by atoms with Crippen molar-refractivity contribution in [2.45, 2.75) is 13.3 Å². The quantitative estimate of drug-likeness (QED) is 0.800. The fourth-order valence-corrected chi connectivity index (χ4v) is 2.29. The van der Waals surface area contributed by atoms with Gasteiger partial charge in [-0.2, -0.15) is 0 Å². The minimum Gasteiger partial charge on any atom is -0.313 e. The molecule has 18 heavy (non-hydrogen) atoms. The Balaban J connectivity index is 2.15. The van der Waals surface area contributed by atoms with Gasteiger partial charge >= 0.3 is 0 Å². The van der Waals surface area contributed by atoms with Crippen LogP contribution in [-0.2, 0) is 0 Å². The number of rotatable bonds is 1. The molecule has 3 heterocycles. The van der Waals surface area contributed by atoms with Crippen LogP contribution in [0, 0.1) is 6.92 Å². The van der Waals surface area contributed by atoms with E-state index in [1.165, 1.54) is 5.57 Å². The summed E-state index contributed by atoms with van der Waals surface area (Å²) >= 11 is 5.89. The normalized spacial score (nSPS) is 15.8. The van der Waals surface area contributed by atoms with Crippen molar-refractivity contribution in [3.05, 3.63) is 35.0 Å². The second kappa shape index (κ2) is 4.63. The molecule has 4 nitrogen and oxygen atoms in total. The van der Waals surface area contributed by atoms with E-state index in [1.54, 1.807) is 6.20 Å². The molecule has 3 rings (SSSR count). The Morgan fingerprint density at radius 1 is 1.33 bits per heavy atom. The van der Waals surface area contributed by atoms with E-state index in [2.05, 4.69) is 26.3 Å². The van der Waals surface area contributed by atoms with Crippen LogP contribution in [-0.4, -0.2) is 28.0 Å². The summed E-state index contributed by atoms with van der Waals surface area (Å²) in [5, 5.41) is 4.72. The number of halogens is 1. The fourth-order valence-electron chi connectivity index (χ4n) is 2.13. The highest BCUT2D eigenvalue weighted by molar-refractivity contribution is 6.30. The summed E-state index contributed by atoms with van der Waals surface area (Å²) in [7, 11) is 0. The van der Waals surface area contributed by atoms with Gasteiger partial charge in [0.1, 0.15) is 5.15 Å². The Hall–Kier alpha value is -1.52. The molecule has 0 radical (unpaired) electrons. The zero-order valence-corrected chi connectivity index (χ0v) is 10.8. The Kier molecular flexibility index (Phi) is 2.97. The lowest BCUT2D eigenvalue weighted by molar-refractivity contribution is 0.734. The first-order valence-electron chi connectivity index (χ1n) is 5.94. The molecule has 0 aromatic carbocycles. The van der Waals surface area contributed by atoms with Crippen LogP contribution in [0.4, 0.5) is 0 Å². The number of nitrogens with one attached hydrogen (secondary N) is 1. The smallest absolute Gasteiger partial charge is 0.155 e.